The maximum atomic E-state index is 12.8. The van der Waals surface area contributed by atoms with E-state index in [4.69, 9.17) is 11.6 Å². The molecule has 30 heavy (non-hydrogen) atoms. The number of piperidine rings is 1. The third kappa shape index (κ3) is 6.07. The number of nitrogens with one attached hydrogen (secondary N) is 2. The Morgan fingerprint density at radius 3 is 2.43 bits per heavy atom. The van der Waals surface area contributed by atoms with Gasteiger partial charge >= 0.3 is 0 Å². The highest BCUT2D eigenvalue weighted by Gasteiger charge is 2.26. The number of anilines is 1. The van der Waals surface area contributed by atoms with Crippen LogP contribution in [-0.4, -0.2) is 35.8 Å². The Bertz CT molecular complexity index is 861. The van der Waals surface area contributed by atoms with Crippen LogP contribution in [0.5, 0.6) is 0 Å². The van der Waals surface area contributed by atoms with E-state index in [1.807, 2.05) is 50.2 Å². The number of rotatable bonds is 7. The van der Waals surface area contributed by atoms with Gasteiger partial charge in [-0.3, -0.25) is 14.5 Å². The number of para-hydroxylation sites is 1. The van der Waals surface area contributed by atoms with Crippen LogP contribution >= 0.6 is 11.6 Å². The van der Waals surface area contributed by atoms with Crippen molar-refractivity contribution in [2.45, 2.75) is 45.7 Å². The molecule has 2 aromatic rings. The Hall–Kier alpha value is -2.37. The summed E-state index contributed by atoms with van der Waals surface area (Å²) >= 11 is 5.95. The van der Waals surface area contributed by atoms with E-state index in [9.17, 15) is 9.59 Å². The number of halogens is 1. The van der Waals surface area contributed by atoms with Gasteiger partial charge in [-0.2, -0.15) is 0 Å². The molecule has 6 heteroatoms. The van der Waals surface area contributed by atoms with Crippen molar-refractivity contribution in [3.8, 4) is 0 Å². The molecule has 0 spiro atoms. The zero-order valence-electron chi connectivity index (χ0n) is 17.7. The molecule has 0 unspecified atom stereocenters. The van der Waals surface area contributed by atoms with Crippen LogP contribution in [0.1, 0.15) is 49.0 Å². The molecule has 0 aliphatic carbocycles. The summed E-state index contributed by atoms with van der Waals surface area (Å²) < 4.78 is 0. The van der Waals surface area contributed by atoms with Gasteiger partial charge in [-0.05, 0) is 69.1 Å². The van der Waals surface area contributed by atoms with Crippen LogP contribution in [-0.2, 0) is 11.3 Å². The minimum Gasteiger partial charge on any atom is -0.350 e. The van der Waals surface area contributed by atoms with Crippen molar-refractivity contribution >= 4 is 29.1 Å². The summed E-state index contributed by atoms with van der Waals surface area (Å²) in [6, 6.07) is 15.2. The predicted octanol–water partition coefficient (Wildman–Crippen LogP) is 4.72. The second-order valence-electron chi connectivity index (χ2n) is 7.99. The van der Waals surface area contributed by atoms with Gasteiger partial charge in [0.1, 0.15) is 0 Å². The monoisotopic (exact) mass is 427 g/mol. The van der Waals surface area contributed by atoms with Crippen molar-refractivity contribution in [1.29, 1.82) is 0 Å². The molecule has 2 N–H and O–H groups in total. The van der Waals surface area contributed by atoms with Crippen LogP contribution in [0, 0.1) is 5.92 Å². The van der Waals surface area contributed by atoms with Crippen molar-refractivity contribution in [2.24, 2.45) is 5.92 Å². The average molecular weight is 428 g/mol. The topological polar surface area (TPSA) is 61.4 Å². The lowest BCUT2D eigenvalue weighted by molar-refractivity contribution is -0.121. The third-order valence-corrected chi connectivity index (χ3v) is 5.95. The van der Waals surface area contributed by atoms with Crippen LogP contribution in [0.15, 0.2) is 48.5 Å². The molecule has 1 saturated heterocycles. The molecule has 0 saturated carbocycles. The lowest BCUT2D eigenvalue weighted by Gasteiger charge is -2.31. The second kappa shape index (κ2) is 10.6. The van der Waals surface area contributed by atoms with Crippen LogP contribution < -0.4 is 10.6 Å². The first-order chi connectivity index (χ1) is 14.5. The highest BCUT2D eigenvalue weighted by molar-refractivity contribution is 6.30. The van der Waals surface area contributed by atoms with Gasteiger partial charge in [-0.25, -0.2) is 0 Å². The van der Waals surface area contributed by atoms with Gasteiger partial charge in [0.25, 0.3) is 5.91 Å². The zero-order chi connectivity index (χ0) is 21.5. The number of likely N-dealkylation sites (tertiary alicyclic amines) is 1. The van der Waals surface area contributed by atoms with Crippen LogP contribution in [0.3, 0.4) is 0 Å². The fraction of sp³-hybridized carbons (Fsp3) is 0.417. The van der Waals surface area contributed by atoms with Gasteiger partial charge in [0.15, 0.2) is 0 Å². The SMILES string of the molecule is CC[C@@H](C)NC(=O)c1ccccc1NC(=O)C1CCN(Cc2ccc(Cl)cc2)CC1. The van der Waals surface area contributed by atoms with Crippen LogP contribution in [0.25, 0.3) is 0 Å². The smallest absolute Gasteiger partial charge is 0.253 e. The first-order valence-corrected chi connectivity index (χ1v) is 11.0. The first kappa shape index (κ1) is 22.3. The van der Waals surface area contributed by atoms with E-state index in [1.165, 1.54) is 5.56 Å². The number of hydrogen-bond acceptors (Lipinski definition) is 3. The molecule has 0 bridgehead atoms. The third-order valence-electron chi connectivity index (χ3n) is 5.70. The lowest BCUT2D eigenvalue weighted by atomic mass is 9.95. The van der Waals surface area contributed by atoms with Crippen molar-refractivity contribution in [3.63, 3.8) is 0 Å². The molecule has 1 fully saturated rings. The average Bonchev–Trinajstić information content (AvgIpc) is 2.76. The largest absolute Gasteiger partial charge is 0.350 e. The molecule has 2 amide bonds. The molecule has 5 nitrogen and oxygen atoms in total. The zero-order valence-corrected chi connectivity index (χ0v) is 18.4. The Kier molecular flexibility index (Phi) is 7.88. The molecule has 3 rings (SSSR count). The minimum atomic E-state index is -0.155. The number of carbonyl (C=O) groups excluding carboxylic acids is 2. The number of carbonyl (C=O) groups is 2. The minimum absolute atomic E-state index is 0.00932. The van der Waals surface area contributed by atoms with Crippen LogP contribution in [0.2, 0.25) is 5.02 Å². The van der Waals surface area contributed by atoms with Crippen molar-refractivity contribution in [3.05, 3.63) is 64.7 Å². The standard InChI is InChI=1S/C24H30ClN3O2/c1-3-17(2)26-24(30)21-6-4-5-7-22(21)27-23(29)19-12-14-28(15-13-19)16-18-8-10-20(25)11-9-18/h4-11,17,19H,3,12-16H2,1-2H3,(H,26,30)(H,27,29)/t17-/m1/s1. The van der Waals surface area contributed by atoms with E-state index in [0.717, 1.165) is 43.9 Å². The van der Waals surface area contributed by atoms with Gasteiger partial charge in [0, 0.05) is 23.5 Å². The van der Waals surface area contributed by atoms with Gasteiger partial charge in [0.05, 0.1) is 11.3 Å². The Labute approximate surface area is 183 Å². The normalized spacial score (nSPS) is 16.1. The molecule has 2 aromatic carbocycles. The highest BCUT2D eigenvalue weighted by atomic mass is 35.5. The molecular weight excluding hydrogens is 398 g/mol. The van der Waals surface area contributed by atoms with Crippen molar-refractivity contribution < 1.29 is 9.59 Å². The Balaban J connectivity index is 1.55. The van der Waals surface area contributed by atoms with Gasteiger partial charge in [-0.15, -0.1) is 0 Å². The molecule has 0 radical (unpaired) electrons. The summed E-state index contributed by atoms with van der Waals surface area (Å²) in [5, 5.41) is 6.70. The maximum absolute atomic E-state index is 12.8. The number of amides is 2. The quantitative estimate of drug-likeness (QED) is 0.672. The molecule has 0 aromatic heterocycles. The van der Waals surface area contributed by atoms with Gasteiger partial charge < -0.3 is 10.6 Å². The Morgan fingerprint density at radius 1 is 1.10 bits per heavy atom. The van der Waals surface area contributed by atoms with E-state index < -0.39 is 0 Å². The van der Waals surface area contributed by atoms with E-state index in [-0.39, 0.29) is 23.8 Å². The summed E-state index contributed by atoms with van der Waals surface area (Å²) in [6.07, 6.45) is 2.47. The summed E-state index contributed by atoms with van der Waals surface area (Å²) in [7, 11) is 0. The van der Waals surface area contributed by atoms with E-state index in [2.05, 4.69) is 15.5 Å². The molecule has 1 atom stereocenters. The fourth-order valence-electron chi connectivity index (χ4n) is 3.63. The first-order valence-electron chi connectivity index (χ1n) is 10.6. The van der Waals surface area contributed by atoms with E-state index in [1.54, 1.807) is 12.1 Å². The summed E-state index contributed by atoms with van der Waals surface area (Å²) in [6.45, 7) is 6.60. The second-order valence-corrected chi connectivity index (χ2v) is 8.43. The van der Waals surface area contributed by atoms with E-state index >= 15 is 0 Å². The molecule has 1 heterocycles. The predicted molar refractivity (Wildman–Crippen MR) is 122 cm³/mol. The molecule has 1 aliphatic rings. The van der Waals surface area contributed by atoms with Gasteiger partial charge in [0.2, 0.25) is 5.91 Å². The highest BCUT2D eigenvalue weighted by Crippen LogP contribution is 2.23. The maximum Gasteiger partial charge on any atom is 0.253 e. The van der Waals surface area contributed by atoms with Crippen molar-refractivity contribution in [2.75, 3.05) is 18.4 Å². The molecule has 160 valence electrons. The number of hydrogen-bond donors (Lipinski definition) is 2. The van der Waals surface area contributed by atoms with Crippen LogP contribution in [0.4, 0.5) is 5.69 Å². The molecular formula is C24H30ClN3O2. The number of benzene rings is 2. The summed E-state index contributed by atoms with van der Waals surface area (Å²) in [5.74, 6) is -0.208. The number of nitrogens with zero attached hydrogens (tertiary/aromatic N) is 1. The summed E-state index contributed by atoms with van der Waals surface area (Å²) in [5.41, 5.74) is 2.31. The van der Waals surface area contributed by atoms with E-state index in [0.29, 0.717) is 11.3 Å². The van der Waals surface area contributed by atoms with Gasteiger partial charge in [-0.1, -0.05) is 42.8 Å². The molecule has 1 aliphatic heterocycles. The fourth-order valence-corrected chi connectivity index (χ4v) is 3.76. The van der Waals surface area contributed by atoms with Crippen molar-refractivity contribution in [1.82, 2.24) is 10.2 Å². The summed E-state index contributed by atoms with van der Waals surface area (Å²) in [4.78, 5) is 27.8. The Morgan fingerprint density at radius 2 is 1.77 bits per heavy atom. The lowest BCUT2D eigenvalue weighted by Crippen LogP contribution is -2.38.